The first-order chi connectivity index (χ1) is 11.1. The van der Waals surface area contributed by atoms with E-state index in [4.69, 9.17) is 13.9 Å². The third-order valence-electron chi connectivity index (χ3n) is 4.86. The second-order valence-electron chi connectivity index (χ2n) is 6.35. The molecule has 0 radical (unpaired) electrons. The van der Waals surface area contributed by atoms with Crippen molar-refractivity contribution < 1.29 is 18.7 Å². The first kappa shape index (κ1) is 16.4. The number of morpholine rings is 1. The second kappa shape index (κ2) is 6.97. The molecule has 3 rings (SSSR count). The van der Waals surface area contributed by atoms with Crippen LogP contribution in [0.3, 0.4) is 0 Å². The van der Waals surface area contributed by atoms with Crippen LogP contribution in [0.15, 0.2) is 4.42 Å². The largest absolute Gasteiger partial charge is 0.423 e. The number of aromatic nitrogens is 2. The summed E-state index contributed by atoms with van der Waals surface area (Å²) in [7, 11) is 0. The van der Waals surface area contributed by atoms with Crippen molar-refractivity contribution in [2.24, 2.45) is 5.41 Å². The number of carbonyl (C=O) groups is 1. The minimum atomic E-state index is -0.321. The summed E-state index contributed by atoms with van der Waals surface area (Å²) >= 11 is 0. The minimum absolute atomic E-state index is 0.230. The van der Waals surface area contributed by atoms with E-state index in [0.717, 1.165) is 25.7 Å². The molecule has 1 aliphatic carbocycles. The Morgan fingerprint density at radius 3 is 2.87 bits per heavy atom. The molecule has 128 valence electrons. The van der Waals surface area contributed by atoms with Gasteiger partial charge in [-0.2, -0.15) is 0 Å². The highest BCUT2D eigenvalue weighted by molar-refractivity contribution is 5.83. The van der Waals surface area contributed by atoms with Crippen molar-refractivity contribution in [2.75, 3.05) is 32.9 Å². The highest BCUT2D eigenvalue weighted by Gasteiger charge is 2.47. The van der Waals surface area contributed by atoms with Gasteiger partial charge in [-0.25, -0.2) is 0 Å². The summed E-state index contributed by atoms with van der Waals surface area (Å²) in [5, 5.41) is 7.86. The highest BCUT2D eigenvalue weighted by Crippen LogP contribution is 2.46. The zero-order valence-electron chi connectivity index (χ0n) is 13.9. The molecular formula is C16H25N3O4. The maximum atomic E-state index is 13.0. The van der Waals surface area contributed by atoms with Crippen molar-refractivity contribution in [1.82, 2.24) is 15.1 Å². The van der Waals surface area contributed by atoms with Crippen LogP contribution in [0, 0.1) is 12.3 Å². The van der Waals surface area contributed by atoms with Crippen LogP contribution in [0.4, 0.5) is 0 Å². The minimum Gasteiger partial charge on any atom is -0.423 e. The van der Waals surface area contributed by atoms with Crippen LogP contribution < -0.4 is 0 Å². The lowest BCUT2D eigenvalue weighted by Gasteiger charge is -2.45. The van der Waals surface area contributed by atoms with Gasteiger partial charge in [-0.1, -0.05) is 6.42 Å². The molecule has 1 aromatic rings. The van der Waals surface area contributed by atoms with E-state index in [9.17, 15) is 4.79 Å². The number of aryl methyl sites for hydroxylation is 1. The Kier molecular flexibility index (Phi) is 4.96. The molecule has 23 heavy (non-hydrogen) atoms. The van der Waals surface area contributed by atoms with E-state index in [1.165, 1.54) is 0 Å². The van der Waals surface area contributed by atoms with Crippen molar-refractivity contribution in [3.05, 3.63) is 11.8 Å². The first-order valence-corrected chi connectivity index (χ1v) is 8.43. The average Bonchev–Trinajstić information content (AvgIpc) is 2.96. The predicted molar refractivity (Wildman–Crippen MR) is 81.7 cm³/mol. The third-order valence-corrected chi connectivity index (χ3v) is 4.86. The number of rotatable bonds is 6. The average molecular weight is 323 g/mol. The maximum Gasteiger partial charge on any atom is 0.246 e. The van der Waals surface area contributed by atoms with E-state index in [0.29, 0.717) is 44.7 Å². The maximum absolute atomic E-state index is 13.0. The Morgan fingerprint density at radius 2 is 2.26 bits per heavy atom. The zero-order valence-corrected chi connectivity index (χ0v) is 13.9. The second-order valence-corrected chi connectivity index (χ2v) is 6.35. The quantitative estimate of drug-likeness (QED) is 0.744. The van der Waals surface area contributed by atoms with Crippen molar-refractivity contribution in [3.8, 4) is 0 Å². The zero-order chi connectivity index (χ0) is 16.3. The van der Waals surface area contributed by atoms with Crippen molar-refractivity contribution in [3.63, 3.8) is 0 Å². The van der Waals surface area contributed by atoms with Gasteiger partial charge in [0.05, 0.1) is 18.6 Å². The van der Waals surface area contributed by atoms with E-state index >= 15 is 0 Å². The lowest BCUT2D eigenvalue weighted by atomic mass is 9.65. The number of hydrogen-bond donors (Lipinski definition) is 0. The molecule has 2 aliphatic rings. The normalized spacial score (nSPS) is 23.6. The van der Waals surface area contributed by atoms with Crippen LogP contribution in [0.5, 0.6) is 0 Å². The third kappa shape index (κ3) is 3.40. The Morgan fingerprint density at radius 1 is 1.43 bits per heavy atom. The fraction of sp³-hybridized carbons (Fsp3) is 0.812. The standard InChI is InChI=1S/C16H25N3O4/c1-3-21-9-7-16(5-4-6-16)15(20)19-8-10-22-13(11-19)14-18-17-12(2)23-14/h13H,3-11H2,1-2H3/t13-/m1/s1. The number of nitrogens with zero attached hydrogens (tertiary/aromatic N) is 3. The van der Waals surface area contributed by atoms with Gasteiger partial charge in [-0.15, -0.1) is 10.2 Å². The van der Waals surface area contributed by atoms with Gasteiger partial charge >= 0.3 is 0 Å². The molecule has 0 N–H and O–H groups in total. The molecule has 0 bridgehead atoms. The molecular weight excluding hydrogens is 298 g/mol. The summed E-state index contributed by atoms with van der Waals surface area (Å²) in [4.78, 5) is 14.9. The van der Waals surface area contributed by atoms with Crippen LogP contribution in [0.25, 0.3) is 0 Å². The van der Waals surface area contributed by atoms with Gasteiger partial charge in [0.1, 0.15) is 0 Å². The Labute approximate surface area is 136 Å². The number of amides is 1. The van der Waals surface area contributed by atoms with Crippen LogP contribution in [-0.2, 0) is 14.3 Å². The molecule has 1 atom stereocenters. The molecule has 0 unspecified atom stereocenters. The lowest BCUT2D eigenvalue weighted by Crippen LogP contribution is -2.52. The highest BCUT2D eigenvalue weighted by atomic mass is 16.5. The van der Waals surface area contributed by atoms with Gasteiger partial charge in [-0.3, -0.25) is 4.79 Å². The summed E-state index contributed by atoms with van der Waals surface area (Å²) in [5.41, 5.74) is -0.234. The van der Waals surface area contributed by atoms with Crippen LogP contribution in [0.2, 0.25) is 0 Å². The van der Waals surface area contributed by atoms with Crippen LogP contribution >= 0.6 is 0 Å². The van der Waals surface area contributed by atoms with E-state index in [1.807, 2.05) is 11.8 Å². The monoisotopic (exact) mass is 323 g/mol. The van der Waals surface area contributed by atoms with Gasteiger partial charge in [-0.05, 0) is 26.2 Å². The van der Waals surface area contributed by atoms with Gasteiger partial charge in [0.25, 0.3) is 0 Å². The molecule has 1 amide bonds. The molecule has 1 saturated heterocycles. The number of hydrogen-bond acceptors (Lipinski definition) is 6. The summed E-state index contributed by atoms with van der Waals surface area (Å²) in [5.74, 6) is 1.20. The van der Waals surface area contributed by atoms with E-state index in [1.54, 1.807) is 6.92 Å². The van der Waals surface area contributed by atoms with Crippen LogP contribution in [-0.4, -0.2) is 53.9 Å². The first-order valence-electron chi connectivity index (χ1n) is 8.43. The molecule has 0 spiro atoms. The van der Waals surface area contributed by atoms with E-state index in [-0.39, 0.29) is 17.4 Å². The summed E-state index contributed by atoms with van der Waals surface area (Å²) in [6, 6.07) is 0. The molecule has 7 heteroatoms. The molecule has 0 aromatic carbocycles. The summed E-state index contributed by atoms with van der Waals surface area (Å²) < 4.78 is 16.6. The van der Waals surface area contributed by atoms with Crippen molar-refractivity contribution in [2.45, 2.75) is 45.6 Å². The Bertz CT molecular complexity index is 541. The van der Waals surface area contributed by atoms with Gasteiger partial charge in [0.2, 0.25) is 17.7 Å². The number of carbonyl (C=O) groups excluding carboxylic acids is 1. The molecule has 1 aromatic heterocycles. The molecule has 2 heterocycles. The van der Waals surface area contributed by atoms with Crippen molar-refractivity contribution >= 4 is 5.91 Å². The van der Waals surface area contributed by atoms with E-state index < -0.39 is 0 Å². The molecule has 7 nitrogen and oxygen atoms in total. The lowest BCUT2D eigenvalue weighted by molar-refractivity contribution is -0.157. The van der Waals surface area contributed by atoms with Crippen molar-refractivity contribution in [1.29, 1.82) is 0 Å². The van der Waals surface area contributed by atoms with Crippen LogP contribution in [0.1, 0.15) is 50.5 Å². The number of ether oxygens (including phenoxy) is 2. The molecule has 1 aliphatic heterocycles. The van der Waals surface area contributed by atoms with Gasteiger partial charge < -0.3 is 18.8 Å². The Balaban J connectivity index is 1.64. The Hall–Kier alpha value is -1.47. The van der Waals surface area contributed by atoms with Gasteiger partial charge in [0.15, 0.2) is 6.10 Å². The SMILES string of the molecule is CCOCCC1(C(=O)N2CCO[C@@H](c3nnc(C)o3)C2)CCC1. The predicted octanol–water partition coefficient (Wildman–Crippen LogP) is 1.87. The molecule has 1 saturated carbocycles. The smallest absolute Gasteiger partial charge is 0.246 e. The summed E-state index contributed by atoms with van der Waals surface area (Å²) in [6.07, 6.45) is 3.52. The summed E-state index contributed by atoms with van der Waals surface area (Å²) in [6.45, 7) is 6.68. The topological polar surface area (TPSA) is 77.7 Å². The van der Waals surface area contributed by atoms with Gasteiger partial charge in [0, 0.05) is 26.7 Å². The molecule has 2 fully saturated rings. The van der Waals surface area contributed by atoms with E-state index in [2.05, 4.69) is 10.2 Å². The fourth-order valence-corrected chi connectivity index (χ4v) is 3.35. The fourth-order valence-electron chi connectivity index (χ4n) is 3.35.